The lowest BCUT2D eigenvalue weighted by molar-refractivity contribution is -0.148. The third-order valence-corrected chi connectivity index (χ3v) is 4.39. The summed E-state index contributed by atoms with van der Waals surface area (Å²) in [6.07, 6.45) is 0. The number of aryl methyl sites for hydroxylation is 1. The van der Waals surface area contributed by atoms with Crippen LogP contribution in [0, 0.1) is 6.92 Å². The molecule has 2 aromatic carbocycles. The van der Waals surface area contributed by atoms with Crippen molar-refractivity contribution in [3.63, 3.8) is 0 Å². The van der Waals surface area contributed by atoms with Gasteiger partial charge in [0.1, 0.15) is 11.5 Å². The fourth-order valence-electron chi connectivity index (χ4n) is 2.96. The molecule has 0 spiro atoms. The monoisotopic (exact) mass is 396 g/mol. The molecule has 0 unspecified atom stereocenters. The second kappa shape index (κ2) is 9.23. The molecule has 3 aromatic rings. The van der Waals surface area contributed by atoms with Crippen LogP contribution in [-0.4, -0.2) is 29.8 Å². The molecule has 152 valence electrons. The predicted octanol–water partition coefficient (Wildman–Crippen LogP) is 4.30. The van der Waals surface area contributed by atoms with Gasteiger partial charge in [0.15, 0.2) is 13.2 Å². The normalized spacial score (nSPS) is 10.8. The molecule has 0 amide bonds. The Bertz CT molecular complexity index is 981. The van der Waals surface area contributed by atoms with Gasteiger partial charge in [-0.2, -0.15) is 4.98 Å². The summed E-state index contributed by atoms with van der Waals surface area (Å²) in [5.41, 5.74) is 3.07. The van der Waals surface area contributed by atoms with Crippen molar-refractivity contribution in [1.82, 2.24) is 10.1 Å². The number of para-hydroxylation sites is 1. The summed E-state index contributed by atoms with van der Waals surface area (Å²) in [6.45, 7) is 5.97. The Morgan fingerprint density at radius 1 is 1.17 bits per heavy atom. The molecule has 1 heterocycles. The van der Waals surface area contributed by atoms with Gasteiger partial charge in [0.2, 0.25) is 5.82 Å². The molecule has 7 nitrogen and oxygen atoms in total. The highest BCUT2D eigenvalue weighted by atomic mass is 16.6. The number of nitrogens with zero attached hydrogens (tertiary/aromatic N) is 2. The van der Waals surface area contributed by atoms with E-state index in [1.807, 2.05) is 43.3 Å². The number of carbonyl (C=O) groups is 1. The van der Waals surface area contributed by atoms with Gasteiger partial charge in [-0.3, -0.25) is 0 Å². The number of hydrogen-bond donors (Lipinski definition) is 0. The van der Waals surface area contributed by atoms with Crippen LogP contribution in [0.25, 0.3) is 11.4 Å². The molecule has 0 saturated carbocycles. The van der Waals surface area contributed by atoms with Gasteiger partial charge in [0.05, 0.1) is 12.7 Å². The molecule has 1 aromatic heterocycles. The first-order valence-electron chi connectivity index (χ1n) is 9.33. The van der Waals surface area contributed by atoms with E-state index in [1.54, 1.807) is 13.2 Å². The van der Waals surface area contributed by atoms with Gasteiger partial charge < -0.3 is 18.7 Å². The van der Waals surface area contributed by atoms with E-state index in [2.05, 4.69) is 24.0 Å². The highest BCUT2D eigenvalue weighted by Crippen LogP contribution is 2.27. The van der Waals surface area contributed by atoms with E-state index in [-0.39, 0.29) is 19.1 Å². The summed E-state index contributed by atoms with van der Waals surface area (Å²) in [4.78, 5) is 16.2. The van der Waals surface area contributed by atoms with Gasteiger partial charge in [-0.25, -0.2) is 4.79 Å². The Balaban J connectivity index is 1.52. The Morgan fingerprint density at radius 2 is 1.97 bits per heavy atom. The first-order valence-corrected chi connectivity index (χ1v) is 9.33. The van der Waals surface area contributed by atoms with E-state index in [9.17, 15) is 4.79 Å². The standard InChI is InChI=1S/C22H24N2O5/c1-14(2)17-10-9-16(11-15(17)3)27-13-21(25)28-12-20-23-22(24-29-20)18-7-5-6-8-19(18)26-4/h5-11,14H,12-13H2,1-4H3. The molecule has 0 atom stereocenters. The molecular weight excluding hydrogens is 372 g/mol. The molecule has 7 heteroatoms. The first kappa shape index (κ1) is 20.4. The second-order valence-electron chi connectivity index (χ2n) is 6.83. The maximum absolute atomic E-state index is 12.0. The van der Waals surface area contributed by atoms with Crippen LogP contribution < -0.4 is 9.47 Å². The number of esters is 1. The van der Waals surface area contributed by atoms with Crippen LogP contribution in [0.5, 0.6) is 11.5 Å². The number of carbonyl (C=O) groups excluding carboxylic acids is 1. The van der Waals surface area contributed by atoms with Crippen molar-refractivity contribution < 1.29 is 23.5 Å². The number of rotatable bonds is 8. The minimum absolute atomic E-state index is 0.129. The zero-order valence-corrected chi connectivity index (χ0v) is 17.0. The van der Waals surface area contributed by atoms with Gasteiger partial charge in [0.25, 0.3) is 5.89 Å². The van der Waals surface area contributed by atoms with Gasteiger partial charge >= 0.3 is 5.97 Å². The van der Waals surface area contributed by atoms with Gasteiger partial charge in [-0.15, -0.1) is 0 Å². The van der Waals surface area contributed by atoms with Crippen LogP contribution in [0.15, 0.2) is 47.0 Å². The van der Waals surface area contributed by atoms with E-state index >= 15 is 0 Å². The van der Waals surface area contributed by atoms with Crippen LogP contribution in [0.4, 0.5) is 0 Å². The fourth-order valence-corrected chi connectivity index (χ4v) is 2.96. The minimum Gasteiger partial charge on any atom is -0.496 e. The van der Waals surface area contributed by atoms with Crippen molar-refractivity contribution in [3.8, 4) is 22.9 Å². The lowest BCUT2D eigenvalue weighted by atomic mass is 9.98. The molecule has 0 fully saturated rings. The Kier molecular flexibility index (Phi) is 6.49. The Labute approximate surface area is 169 Å². The molecule has 0 radical (unpaired) electrons. The van der Waals surface area contributed by atoms with E-state index in [1.165, 1.54) is 5.56 Å². The average molecular weight is 396 g/mol. The van der Waals surface area contributed by atoms with Gasteiger partial charge in [0, 0.05) is 0 Å². The average Bonchev–Trinajstić information content (AvgIpc) is 3.19. The maximum Gasteiger partial charge on any atom is 0.344 e. The molecule has 3 rings (SSSR count). The van der Waals surface area contributed by atoms with Gasteiger partial charge in [-0.05, 0) is 48.2 Å². The molecule has 0 aliphatic carbocycles. The zero-order chi connectivity index (χ0) is 20.8. The van der Waals surface area contributed by atoms with E-state index in [0.717, 1.165) is 5.56 Å². The van der Waals surface area contributed by atoms with E-state index in [0.29, 0.717) is 28.8 Å². The third kappa shape index (κ3) is 5.13. The lowest BCUT2D eigenvalue weighted by Gasteiger charge is -2.12. The topological polar surface area (TPSA) is 83.7 Å². The summed E-state index contributed by atoms with van der Waals surface area (Å²) in [5, 5.41) is 3.91. The quantitative estimate of drug-likeness (QED) is 0.525. The minimum atomic E-state index is -0.521. The van der Waals surface area contributed by atoms with Crippen LogP contribution in [0.2, 0.25) is 0 Å². The summed E-state index contributed by atoms with van der Waals surface area (Å²) in [6, 6.07) is 13.1. The maximum atomic E-state index is 12.0. The number of aromatic nitrogens is 2. The number of methoxy groups -OCH3 is 1. The molecule has 29 heavy (non-hydrogen) atoms. The number of hydrogen-bond acceptors (Lipinski definition) is 7. The zero-order valence-electron chi connectivity index (χ0n) is 17.0. The van der Waals surface area contributed by atoms with E-state index in [4.69, 9.17) is 18.7 Å². The Morgan fingerprint density at radius 3 is 2.69 bits per heavy atom. The summed E-state index contributed by atoms with van der Waals surface area (Å²) < 4.78 is 21.1. The highest BCUT2D eigenvalue weighted by molar-refractivity contribution is 5.71. The van der Waals surface area contributed by atoms with Crippen molar-refractivity contribution in [2.75, 3.05) is 13.7 Å². The van der Waals surface area contributed by atoms with E-state index < -0.39 is 5.97 Å². The fraction of sp³-hybridized carbons (Fsp3) is 0.318. The van der Waals surface area contributed by atoms with Crippen molar-refractivity contribution in [1.29, 1.82) is 0 Å². The molecule has 0 saturated heterocycles. The van der Waals surface area contributed by atoms with Crippen molar-refractivity contribution >= 4 is 5.97 Å². The van der Waals surface area contributed by atoms with Crippen LogP contribution >= 0.6 is 0 Å². The summed E-state index contributed by atoms with van der Waals surface area (Å²) >= 11 is 0. The molecule has 0 N–H and O–H groups in total. The highest BCUT2D eigenvalue weighted by Gasteiger charge is 2.14. The van der Waals surface area contributed by atoms with Crippen LogP contribution in [-0.2, 0) is 16.1 Å². The summed E-state index contributed by atoms with van der Waals surface area (Å²) in [7, 11) is 1.57. The molecule has 0 aliphatic heterocycles. The molecular formula is C22H24N2O5. The molecule has 0 bridgehead atoms. The van der Waals surface area contributed by atoms with Crippen molar-refractivity contribution in [2.24, 2.45) is 0 Å². The van der Waals surface area contributed by atoms with Crippen LogP contribution in [0.1, 0.15) is 36.8 Å². The number of ether oxygens (including phenoxy) is 3. The van der Waals surface area contributed by atoms with Crippen LogP contribution in [0.3, 0.4) is 0 Å². The lowest BCUT2D eigenvalue weighted by Crippen LogP contribution is -2.15. The first-order chi connectivity index (χ1) is 14.0. The SMILES string of the molecule is COc1ccccc1-c1noc(COC(=O)COc2ccc(C(C)C)c(C)c2)n1. The van der Waals surface area contributed by atoms with Crippen molar-refractivity contribution in [3.05, 3.63) is 59.5 Å². The summed E-state index contributed by atoms with van der Waals surface area (Å²) in [5.74, 6) is 1.72. The molecule has 0 aliphatic rings. The second-order valence-corrected chi connectivity index (χ2v) is 6.83. The largest absolute Gasteiger partial charge is 0.496 e. The van der Waals surface area contributed by atoms with Gasteiger partial charge in [-0.1, -0.05) is 37.2 Å². The third-order valence-electron chi connectivity index (χ3n) is 4.39. The predicted molar refractivity (Wildman–Crippen MR) is 107 cm³/mol. The Hall–Kier alpha value is -3.35. The number of benzene rings is 2. The van der Waals surface area contributed by atoms with Crippen molar-refractivity contribution in [2.45, 2.75) is 33.3 Å². The smallest absolute Gasteiger partial charge is 0.344 e.